The molecule has 1 N–H and O–H groups in total. The monoisotopic (exact) mass is 324 g/mol. The van der Waals surface area contributed by atoms with Crippen molar-refractivity contribution in [2.75, 3.05) is 5.32 Å². The number of hydrogen-bond acceptors (Lipinski definition) is 5. The number of anilines is 1. The van der Waals surface area contributed by atoms with Crippen LogP contribution in [0.25, 0.3) is 11.0 Å². The molecule has 2 aromatic heterocycles. The first-order chi connectivity index (χ1) is 9.66. The number of aromatic nitrogens is 3. The number of carbonyl (C=O) groups is 1. The molecule has 0 aliphatic rings. The van der Waals surface area contributed by atoms with Gasteiger partial charge in [0, 0.05) is 12.4 Å². The summed E-state index contributed by atoms with van der Waals surface area (Å²) in [4.78, 5) is 16.1. The van der Waals surface area contributed by atoms with Crippen LogP contribution in [0.3, 0.4) is 0 Å². The Kier molecular flexibility index (Phi) is 3.52. The van der Waals surface area contributed by atoms with Crippen molar-refractivity contribution < 1.29 is 4.79 Å². The van der Waals surface area contributed by atoms with Crippen LogP contribution in [0.15, 0.2) is 30.6 Å². The molecule has 1 amide bonds. The molecule has 0 saturated heterocycles. The molecule has 0 aliphatic heterocycles. The number of amides is 1. The summed E-state index contributed by atoms with van der Waals surface area (Å²) < 4.78 is 8.24. The molecule has 20 heavy (non-hydrogen) atoms. The van der Waals surface area contributed by atoms with E-state index in [1.54, 1.807) is 12.1 Å². The van der Waals surface area contributed by atoms with E-state index in [1.807, 2.05) is 0 Å². The van der Waals surface area contributed by atoms with Crippen molar-refractivity contribution in [2.45, 2.75) is 0 Å². The van der Waals surface area contributed by atoms with E-state index in [9.17, 15) is 4.79 Å². The second kappa shape index (κ2) is 5.32. The van der Waals surface area contributed by atoms with Gasteiger partial charge in [0.05, 0.1) is 33.0 Å². The number of benzene rings is 1. The lowest BCUT2D eigenvalue weighted by molar-refractivity contribution is 0.102. The van der Waals surface area contributed by atoms with E-state index >= 15 is 0 Å². The van der Waals surface area contributed by atoms with Crippen molar-refractivity contribution in [3.8, 4) is 0 Å². The van der Waals surface area contributed by atoms with Gasteiger partial charge in [-0.05, 0) is 18.2 Å². The Morgan fingerprint density at radius 2 is 2.00 bits per heavy atom. The molecule has 1 aromatic carbocycles. The molecule has 0 fully saturated rings. The van der Waals surface area contributed by atoms with Crippen LogP contribution in [0, 0.1) is 0 Å². The topological polar surface area (TPSA) is 67.8 Å². The summed E-state index contributed by atoms with van der Waals surface area (Å²) in [5.74, 6) is -0.375. The third kappa shape index (κ3) is 2.33. The van der Waals surface area contributed by atoms with E-state index in [-0.39, 0.29) is 10.9 Å². The zero-order valence-corrected chi connectivity index (χ0v) is 12.1. The fourth-order valence-electron chi connectivity index (χ4n) is 1.69. The second-order valence-electron chi connectivity index (χ2n) is 3.86. The van der Waals surface area contributed by atoms with Gasteiger partial charge in [-0.2, -0.15) is 8.75 Å². The molecular formula is C12H6Cl2N4OS. The van der Waals surface area contributed by atoms with Crippen molar-refractivity contribution in [1.29, 1.82) is 0 Å². The number of fused-ring (bicyclic) bond motifs is 1. The van der Waals surface area contributed by atoms with Crippen LogP contribution in [0.2, 0.25) is 10.0 Å². The molecule has 0 bridgehead atoms. The van der Waals surface area contributed by atoms with Gasteiger partial charge in [-0.1, -0.05) is 23.2 Å². The van der Waals surface area contributed by atoms with E-state index in [2.05, 4.69) is 19.0 Å². The average molecular weight is 325 g/mol. The van der Waals surface area contributed by atoms with Crippen molar-refractivity contribution in [3.05, 3.63) is 46.2 Å². The van der Waals surface area contributed by atoms with Crippen molar-refractivity contribution in [1.82, 2.24) is 13.7 Å². The van der Waals surface area contributed by atoms with Gasteiger partial charge in [-0.15, -0.1) is 0 Å². The van der Waals surface area contributed by atoms with Gasteiger partial charge >= 0.3 is 0 Å². The summed E-state index contributed by atoms with van der Waals surface area (Å²) in [7, 11) is 0. The van der Waals surface area contributed by atoms with Crippen LogP contribution in [0.1, 0.15) is 10.4 Å². The molecule has 3 rings (SSSR count). The Balaban J connectivity index is 2.01. The predicted molar refractivity (Wildman–Crippen MR) is 79.6 cm³/mol. The molecule has 8 heteroatoms. The number of hydrogen-bond donors (Lipinski definition) is 1. The number of halogens is 2. The second-order valence-corrected chi connectivity index (χ2v) is 5.21. The highest BCUT2D eigenvalue weighted by molar-refractivity contribution is 7.00. The van der Waals surface area contributed by atoms with Crippen LogP contribution < -0.4 is 5.32 Å². The molecule has 0 saturated carbocycles. The Hall–Kier alpha value is -1.76. The maximum absolute atomic E-state index is 12.2. The molecule has 3 aromatic rings. The van der Waals surface area contributed by atoms with Crippen LogP contribution >= 0.6 is 34.9 Å². The molecule has 0 radical (unpaired) electrons. The summed E-state index contributed by atoms with van der Waals surface area (Å²) in [6, 6.07) is 4.94. The maximum atomic E-state index is 12.2. The van der Waals surface area contributed by atoms with E-state index in [0.29, 0.717) is 27.3 Å². The third-order valence-electron chi connectivity index (χ3n) is 2.63. The summed E-state index contributed by atoms with van der Waals surface area (Å²) >= 11 is 13.1. The van der Waals surface area contributed by atoms with Crippen molar-refractivity contribution in [2.24, 2.45) is 0 Å². The number of carbonyl (C=O) groups excluding carboxylic acids is 1. The number of pyridine rings is 1. The predicted octanol–water partition coefficient (Wildman–Crippen LogP) is 3.65. The lowest BCUT2D eigenvalue weighted by Crippen LogP contribution is -2.13. The summed E-state index contributed by atoms with van der Waals surface area (Å²) in [5, 5.41) is 3.38. The normalized spacial score (nSPS) is 10.7. The first kappa shape index (κ1) is 13.2. The zero-order chi connectivity index (χ0) is 14.1. The largest absolute Gasteiger partial charge is 0.319 e. The highest BCUT2D eigenvalue weighted by Crippen LogP contribution is 2.30. The highest BCUT2D eigenvalue weighted by Gasteiger charge is 2.15. The van der Waals surface area contributed by atoms with Gasteiger partial charge in [0.15, 0.2) is 0 Å². The average Bonchev–Trinajstić information content (AvgIpc) is 2.91. The van der Waals surface area contributed by atoms with Crippen molar-refractivity contribution in [3.63, 3.8) is 0 Å². The van der Waals surface area contributed by atoms with E-state index in [1.165, 1.54) is 18.5 Å². The Morgan fingerprint density at radius 1 is 1.15 bits per heavy atom. The molecule has 0 aliphatic carbocycles. The van der Waals surface area contributed by atoms with E-state index in [4.69, 9.17) is 23.2 Å². The third-order valence-corrected chi connectivity index (χ3v) is 3.79. The van der Waals surface area contributed by atoms with Crippen LogP contribution in [0.4, 0.5) is 5.69 Å². The molecule has 0 unspecified atom stereocenters. The van der Waals surface area contributed by atoms with E-state index < -0.39 is 0 Å². The maximum Gasteiger partial charge on any atom is 0.257 e. The Bertz CT molecular complexity index is 805. The van der Waals surface area contributed by atoms with Crippen LogP contribution in [-0.2, 0) is 0 Å². The molecule has 100 valence electrons. The highest BCUT2D eigenvalue weighted by atomic mass is 35.5. The van der Waals surface area contributed by atoms with Crippen molar-refractivity contribution >= 4 is 57.6 Å². The smallest absolute Gasteiger partial charge is 0.257 e. The fraction of sp³-hybridized carbons (Fsp3) is 0. The SMILES string of the molecule is O=C(Nc1c(Cl)ccc2nsnc12)c1ccncc1Cl. The Morgan fingerprint density at radius 3 is 2.80 bits per heavy atom. The zero-order valence-electron chi connectivity index (χ0n) is 9.80. The summed E-state index contributed by atoms with van der Waals surface area (Å²) in [6.07, 6.45) is 2.90. The standard InChI is InChI=1S/C12H6Cl2N4OS/c13-7-1-2-9-11(18-20-17-9)10(7)16-12(19)6-3-4-15-5-8(6)14/h1-5H,(H,16,19). The number of nitrogens with zero attached hydrogens (tertiary/aromatic N) is 3. The van der Waals surface area contributed by atoms with Gasteiger partial charge in [0.1, 0.15) is 11.0 Å². The Labute approximate surface area is 127 Å². The summed E-state index contributed by atoms with van der Waals surface area (Å²) in [6.45, 7) is 0. The minimum Gasteiger partial charge on any atom is -0.319 e. The summed E-state index contributed by atoms with van der Waals surface area (Å²) in [5.41, 5.74) is 1.98. The van der Waals surface area contributed by atoms with Gasteiger partial charge in [-0.3, -0.25) is 9.78 Å². The fourth-order valence-corrected chi connectivity index (χ4v) is 2.63. The number of rotatable bonds is 2. The molecule has 2 heterocycles. The van der Waals surface area contributed by atoms with Gasteiger partial charge in [-0.25, -0.2) is 0 Å². The van der Waals surface area contributed by atoms with Crippen LogP contribution in [0.5, 0.6) is 0 Å². The lowest BCUT2D eigenvalue weighted by atomic mass is 10.2. The van der Waals surface area contributed by atoms with E-state index in [0.717, 1.165) is 11.7 Å². The quantitative estimate of drug-likeness (QED) is 0.781. The lowest BCUT2D eigenvalue weighted by Gasteiger charge is -2.08. The number of nitrogens with one attached hydrogen (secondary N) is 1. The minimum atomic E-state index is -0.375. The molecular weight excluding hydrogens is 319 g/mol. The molecule has 0 spiro atoms. The van der Waals surface area contributed by atoms with Crippen LogP contribution in [-0.4, -0.2) is 19.6 Å². The molecule has 5 nitrogen and oxygen atoms in total. The molecule has 0 atom stereocenters. The first-order valence-corrected chi connectivity index (χ1v) is 6.97. The minimum absolute atomic E-state index is 0.268. The first-order valence-electron chi connectivity index (χ1n) is 5.48. The van der Waals surface area contributed by atoms with Gasteiger partial charge in [0.2, 0.25) is 0 Å². The van der Waals surface area contributed by atoms with Gasteiger partial charge in [0.25, 0.3) is 5.91 Å². The van der Waals surface area contributed by atoms with Gasteiger partial charge < -0.3 is 5.32 Å².